The number of halogens is 2. The summed E-state index contributed by atoms with van der Waals surface area (Å²) in [6, 6.07) is 1.97. The van der Waals surface area contributed by atoms with Gasteiger partial charge in [-0.25, -0.2) is 17.2 Å². The summed E-state index contributed by atoms with van der Waals surface area (Å²) in [5, 5.41) is 0.259. The molecule has 1 heterocycles. The number of aromatic amines is 1. The van der Waals surface area contributed by atoms with Gasteiger partial charge in [0.1, 0.15) is 21.5 Å². The molecule has 6 heteroatoms. The fourth-order valence-corrected chi connectivity index (χ4v) is 2.33. The molecule has 3 nitrogen and oxygen atoms in total. The van der Waals surface area contributed by atoms with E-state index in [1.54, 1.807) is 0 Å². The number of benzene rings is 1. The van der Waals surface area contributed by atoms with Crippen molar-refractivity contribution in [3.63, 3.8) is 0 Å². The minimum atomic E-state index is -3.10. The lowest BCUT2D eigenvalue weighted by atomic mass is 10.1. The van der Waals surface area contributed by atoms with E-state index in [0.717, 1.165) is 12.3 Å². The number of nitrogens with one attached hydrogen (secondary N) is 1. The monoisotopic (exact) mass is 259 g/mol. The summed E-state index contributed by atoms with van der Waals surface area (Å²) >= 11 is 0. The third-order valence-corrected chi connectivity index (χ3v) is 3.47. The first kappa shape index (κ1) is 12.0. The number of aromatic nitrogens is 1. The standard InChI is InChI=1S/C11H11F2NO2S/c1-17(15,16)3-2-7-6-14-10-5-8(12)4-9(13)11(7)10/h4-6,14H,2-3H2,1H3. The Morgan fingerprint density at radius 2 is 2.00 bits per heavy atom. The van der Waals surface area contributed by atoms with Gasteiger partial charge in [0.15, 0.2) is 0 Å². The molecule has 0 saturated heterocycles. The Bertz CT molecular complexity index is 661. The third-order valence-electron chi connectivity index (χ3n) is 2.52. The molecule has 2 aromatic rings. The highest BCUT2D eigenvalue weighted by molar-refractivity contribution is 7.90. The summed E-state index contributed by atoms with van der Waals surface area (Å²) in [6.07, 6.45) is 2.84. The van der Waals surface area contributed by atoms with Crippen molar-refractivity contribution in [2.45, 2.75) is 6.42 Å². The molecule has 0 saturated carbocycles. The van der Waals surface area contributed by atoms with Crippen molar-refractivity contribution in [1.29, 1.82) is 0 Å². The zero-order valence-corrected chi connectivity index (χ0v) is 9.94. The van der Waals surface area contributed by atoms with Crippen LogP contribution in [-0.2, 0) is 16.3 Å². The van der Waals surface area contributed by atoms with Crippen molar-refractivity contribution >= 4 is 20.7 Å². The summed E-state index contributed by atoms with van der Waals surface area (Å²) in [7, 11) is -3.10. The Labute approximate surface area is 97.4 Å². The SMILES string of the molecule is CS(=O)(=O)CCc1c[nH]c2cc(F)cc(F)c12. The van der Waals surface area contributed by atoms with Gasteiger partial charge in [0, 0.05) is 23.9 Å². The number of fused-ring (bicyclic) bond motifs is 1. The van der Waals surface area contributed by atoms with Gasteiger partial charge < -0.3 is 4.98 Å². The van der Waals surface area contributed by atoms with Crippen LogP contribution in [0.2, 0.25) is 0 Å². The maximum Gasteiger partial charge on any atom is 0.147 e. The maximum absolute atomic E-state index is 13.6. The Hall–Kier alpha value is -1.43. The Kier molecular flexibility index (Phi) is 2.91. The fourth-order valence-electron chi connectivity index (χ4n) is 1.74. The van der Waals surface area contributed by atoms with Crippen LogP contribution in [-0.4, -0.2) is 25.4 Å². The molecule has 0 aliphatic rings. The van der Waals surface area contributed by atoms with Crippen LogP contribution < -0.4 is 0 Å². The first-order valence-corrected chi connectivity index (χ1v) is 7.05. The summed E-state index contributed by atoms with van der Waals surface area (Å²) < 4.78 is 48.6. The minimum Gasteiger partial charge on any atom is -0.361 e. The number of sulfone groups is 1. The molecule has 1 N–H and O–H groups in total. The Morgan fingerprint density at radius 3 is 2.65 bits per heavy atom. The van der Waals surface area contributed by atoms with Crippen molar-refractivity contribution in [2.24, 2.45) is 0 Å². The zero-order chi connectivity index (χ0) is 12.6. The van der Waals surface area contributed by atoms with Crippen LogP contribution in [0.25, 0.3) is 10.9 Å². The molecule has 0 spiro atoms. The van der Waals surface area contributed by atoms with Crippen molar-refractivity contribution in [2.75, 3.05) is 12.0 Å². The lowest BCUT2D eigenvalue weighted by Gasteiger charge is -2.00. The van der Waals surface area contributed by atoms with Crippen LogP contribution in [0.5, 0.6) is 0 Å². The molecule has 0 amide bonds. The van der Waals surface area contributed by atoms with Crippen LogP contribution in [0.4, 0.5) is 8.78 Å². The molecule has 0 aliphatic heterocycles. The Morgan fingerprint density at radius 1 is 1.29 bits per heavy atom. The fraction of sp³-hybridized carbons (Fsp3) is 0.273. The highest BCUT2D eigenvalue weighted by Crippen LogP contribution is 2.23. The third kappa shape index (κ3) is 2.63. The quantitative estimate of drug-likeness (QED) is 0.917. The predicted octanol–water partition coefficient (Wildman–Crippen LogP) is 2.03. The van der Waals surface area contributed by atoms with E-state index in [2.05, 4.69) is 4.98 Å². The molecule has 2 rings (SSSR count). The molecule has 0 bridgehead atoms. The highest BCUT2D eigenvalue weighted by atomic mass is 32.2. The second-order valence-corrected chi connectivity index (χ2v) is 6.26. The topological polar surface area (TPSA) is 49.9 Å². The molecular formula is C11H11F2NO2S. The van der Waals surface area contributed by atoms with Crippen LogP contribution >= 0.6 is 0 Å². The van der Waals surface area contributed by atoms with Gasteiger partial charge in [-0.05, 0) is 18.1 Å². The summed E-state index contributed by atoms with van der Waals surface area (Å²) in [5.41, 5.74) is 0.883. The van der Waals surface area contributed by atoms with Gasteiger partial charge in [0.25, 0.3) is 0 Å². The van der Waals surface area contributed by atoms with E-state index in [1.165, 1.54) is 12.3 Å². The van der Waals surface area contributed by atoms with Gasteiger partial charge in [-0.3, -0.25) is 0 Å². The van der Waals surface area contributed by atoms with E-state index in [1.807, 2.05) is 0 Å². The van der Waals surface area contributed by atoms with Gasteiger partial charge in [-0.2, -0.15) is 0 Å². The van der Waals surface area contributed by atoms with Crippen molar-refractivity contribution in [1.82, 2.24) is 4.98 Å². The number of hydrogen-bond donors (Lipinski definition) is 1. The van der Waals surface area contributed by atoms with Gasteiger partial charge in [-0.15, -0.1) is 0 Å². The number of rotatable bonds is 3. The van der Waals surface area contributed by atoms with E-state index >= 15 is 0 Å². The molecule has 0 aliphatic carbocycles. The second-order valence-electron chi connectivity index (χ2n) is 4.00. The summed E-state index contributed by atoms with van der Waals surface area (Å²) in [5.74, 6) is -1.40. The average molecular weight is 259 g/mol. The summed E-state index contributed by atoms with van der Waals surface area (Å²) in [6.45, 7) is 0. The predicted molar refractivity (Wildman–Crippen MR) is 61.6 cm³/mol. The molecule has 0 fully saturated rings. The summed E-state index contributed by atoms with van der Waals surface area (Å²) in [4.78, 5) is 2.73. The van der Waals surface area contributed by atoms with Crippen LogP contribution in [0, 0.1) is 11.6 Å². The molecule has 92 valence electrons. The molecule has 1 aromatic carbocycles. The first-order valence-electron chi connectivity index (χ1n) is 4.99. The normalized spacial score (nSPS) is 12.2. The minimum absolute atomic E-state index is 0.0588. The van der Waals surface area contributed by atoms with Crippen LogP contribution in [0.3, 0.4) is 0 Å². The first-order chi connectivity index (χ1) is 7.87. The molecule has 0 unspecified atom stereocenters. The van der Waals surface area contributed by atoms with Gasteiger partial charge >= 0.3 is 0 Å². The molecule has 0 radical (unpaired) electrons. The maximum atomic E-state index is 13.6. The zero-order valence-electron chi connectivity index (χ0n) is 9.13. The van der Waals surface area contributed by atoms with Crippen LogP contribution in [0.15, 0.2) is 18.3 Å². The average Bonchev–Trinajstić information content (AvgIpc) is 2.56. The lowest BCUT2D eigenvalue weighted by Crippen LogP contribution is -2.05. The lowest BCUT2D eigenvalue weighted by molar-refractivity contribution is 0.591. The number of aryl methyl sites for hydroxylation is 1. The van der Waals surface area contributed by atoms with E-state index in [9.17, 15) is 17.2 Å². The van der Waals surface area contributed by atoms with Crippen molar-refractivity contribution in [3.05, 3.63) is 35.5 Å². The van der Waals surface area contributed by atoms with Crippen molar-refractivity contribution < 1.29 is 17.2 Å². The van der Waals surface area contributed by atoms with Gasteiger partial charge in [-0.1, -0.05) is 0 Å². The van der Waals surface area contributed by atoms with Crippen LogP contribution in [0.1, 0.15) is 5.56 Å². The van der Waals surface area contributed by atoms with Gasteiger partial charge in [0.2, 0.25) is 0 Å². The van der Waals surface area contributed by atoms with E-state index in [0.29, 0.717) is 11.1 Å². The van der Waals surface area contributed by atoms with E-state index in [-0.39, 0.29) is 17.6 Å². The number of hydrogen-bond acceptors (Lipinski definition) is 2. The molecule has 0 atom stereocenters. The van der Waals surface area contributed by atoms with E-state index < -0.39 is 21.5 Å². The smallest absolute Gasteiger partial charge is 0.147 e. The highest BCUT2D eigenvalue weighted by Gasteiger charge is 2.12. The number of H-pyrrole nitrogens is 1. The molecular weight excluding hydrogens is 248 g/mol. The Balaban J connectivity index is 2.43. The van der Waals surface area contributed by atoms with E-state index in [4.69, 9.17) is 0 Å². The largest absolute Gasteiger partial charge is 0.361 e. The molecule has 17 heavy (non-hydrogen) atoms. The van der Waals surface area contributed by atoms with Crippen molar-refractivity contribution in [3.8, 4) is 0 Å². The van der Waals surface area contributed by atoms with Gasteiger partial charge in [0.05, 0.1) is 11.3 Å². The second kappa shape index (κ2) is 4.10. The molecule has 1 aromatic heterocycles.